The minimum Gasteiger partial charge on any atom is -0.493 e. The lowest BCUT2D eigenvalue weighted by molar-refractivity contribution is -0.119. The molecule has 0 spiro atoms. The summed E-state index contributed by atoms with van der Waals surface area (Å²) >= 11 is 0. The van der Waals surface area contributed by atoms with Crippen molar-refractivity contribution < 1.29 is 14.3 Å². The molecule has 5 aromatic rings. The molecule has 0 radical (unpaired) electrons. The number of carbonyl (C=O) groups excluding carboxylic acids is 1. The number of hydrogen-bond donors (Lipinski definition) is 3. The Morgan fingerprint density at radius 2 is 1.74 bits per heavy atom. The number of amides is 1. The van der Waals surface area contributed by atoms with Crippen molar-refractivity contribution in [3.63, 3.8) is 0 Å². The van der Waals surface area contributed by atoms with Crippen LogP contribution in [0.1, 0.15) is 30.9 Å². The number of aromatic amines is 2. The summed E-state index contributed by atoms with van der Waals surface area (Å²) in [4.78, 5) is 19.5. The maximum atomic E-state index is 12.6. The zero-order chi connectivity index (χ0) is 24.6. The molecule has 1 amide bonds. The number of H-pyrrole nitrogens is 2. The minimum absolute atomic E-state index is 0.182. The van der Waals surface area contributed by atoms with E-state index in [0.29, 0.717) is 17.9 Å². The van der Waals surface area contributed by atoms with Crippen molar-refractivity contribution in [3.05, 3.63) is 84.1 Å². The van der Waals surface area contributed by atoms with Crippen LogP contribution in [0.15, 0.2) is 72.9 Å². The number of fused-ring (bicyclic) bond motifs is 2. The lowest BCUT2D eigenvalue weighted by Gasteiger charge is -2.34. The monoisotopic (exact) mass is 467 g/mol. The number of ether oxygens (including phenoxy) is 2. The third-order valence-corrected chi connectivity index (χ3v) is 7.04. The number of primary amides is 1. The molecule has 3 aromatic carbocycles. The van der Waals surface area contributed by atoms with E-state index in [-0.39, 0.29) is 12.3 Å². The van der Waals surface area contributed by atoms with Crippen molar-refractivity contribution in [2.45, 2.75) is 25.2 Å². The SMILES string of the molecule is CCC(CC(N)=O)(c1ccc2[nH]ccc2c1)c1c(-c2ccc(OC)c(OC)c2)[nH]c2ccccc12. The van der Waals surface area contributed by atoms with Crippen LogP contribution in [0.5, 0.6) is 11.5 Å². The van der Waals surface area contributed by atoms with Gasteiger partial charge in [-0.15, -0.1) is 0 Å². The maximum absolute atomic E-state index is 12.6. The average Bonchev–Trinajstić information content (AvgIpc) is 3.51. The van der Waals surface area contributed by atoms with Crippen LogP contribution in [0.3, 0.4) is 0 Å². The fraction of sp³-hybridized carbons (Fsp3) is 0.207. The molecule has 2 heterocycles. The van der Waals surface area contributed by atoms with Gasteiger partial charge in [-0.25, -0.2) is 0 Å². The van der Waals surface area contributed by atoms with Crippen LogP contribution in [0, 0.1) is 0 Å². The highest BCUT2D eigenvalue weighted by Crippen LogP contribution is 2.48. The van der Waals surface area contributed by atoms with Crippen molar-refractivity contribution in [3.8, 4) is 22.8 Å². The molecular weight excluding hydrogens is 438 g/mol. The van der Waals surface area contributed by atoms with Gasteiger partial charge >= 0.3 is 0 Å². The van der Waals surface area contributed by atoms with Gasteiger partial charge in [0, 0.05) is 40.0 Å². The Morgan fingerprint density at radius 1 is 0.943 bits per heavy atom. The number of aromatic nitrogens is 2. The van der Waals surface area contributed by atoms with E-state index in [9.17, 15) is 4.79 Å². The first-order valence-electron chi connectivity index (χ1n) is 11.7. The molecule has 5 rings (SSSR count). The van der Waals surface area contributed by atoms with Crippen LogP contribution < -0.4 is 15.2 Å². The van der Waals surface area contributed by atoms with Crippen LogP contribution >= 0.6 is 0 Å². The highest BCUT2D eigenvalue weighted by molar-refractivity contribution is 5.94. The summed E-state index contributed by atoms with van der Waals surface area (Å²) in [6.07, 6.45) is 2.80. The van der Waals surface area contributed by atoms with Crippen LogP contribution in [0.25, 0.3) is 33.1 Å². The van der Waals surface area contributed by atoms with Crippen molar-refractivity contribution >= 4 is 27.7 Å². The third kappa shape index (κ3) is 3.71. The molecule has 0 saturated heterocycles. The zero-order valence-corrected chi connectivity index (χ0v) is 20.1. The molecule has 0 aliphatic heterocycles. The van der Waals surface area contributed by atoms with E-state index in [2.05, 4.69) is 47.2 Å². The largest absolute Gasteiger partial charge is 0.493 e. The predicted octanol–water partition coefficient (Wildman–Crippen LogP) is 5.90. The van der Waals surface area contributed by atoms with Gasteiger partial charge in [0.15, 0.2) is 11.5 Å². The molecule has 0 fully saturated rings. The van der Waals surface area contributed by atoms with Crippen molar-refractivity contribution in [2.75, 3.05) is 14.2 Å². The Hall–Kier alpha value is -4.19. The van der Waals surface area contributed by atoms with E-state index in [1.807, 2.05) is 42.6 Å². The fourth-order valence-corrected chi connectivity index (χ4v) is 5.34. The van der Waals surface area contributed by atoms with Crippen molar-refractivity contribution in [1.82, 2.24) is 9.97 Å². The third-order valence-electron chi connectivity index (χ3n) is 7.04. The second kappa shape index (κ2) is 8.87. The molecule has 178 valence electrons. The topological polar surface area (TPSA) is 93.1 Å². The number of nitrogens with one attached hydrogen (secondary N) is 2. The van der Waals surface area contributed by atoms with Gasteiger partial charge in [-0.2, -0.15) is 0 Å². The molecule has 0 aliphatic rings. The first kappa shape index (κ1) is 22.6. The normalized spacial score (nSPS) is 13.1. The molecular formula is C29H29N3O3. The second-order valence-corrected chi connectivity index (χ2v) is 8.85. The van der Waals surface area contributed by atoms with E-state index in [0.717, 1.165) is 44.2 Å². The Kier molecular flexibility index (Phi) is 5.73. The van der Waals surface area contributed by atoms with Gasteiger partial charge in [-0.05, 0) is 65.4 Å². The first-order chi connectivity index (χ1) is 17.0. The van der Waals surface area contributed by atoms with Crippen molar-refractivity contribution in [2.24, 2.45) is 5.73 Å². The molecule has 35 heavy (non-hydrogen) atoms. The molecule has 6 heteroatoms. The quantitative estimate of drug-likeness (QED) is 0.265. The van der Waals surface area contributed by atoms with Crippen LogP contribution in [-0.4, -0.2) is 30.1 Å². The zero-order valence-electron chi connectivity index (χ0n) is 20.1. The predicted molar refractivity (Wildman–Crippen MR) is 140 cm³/mol. The number of hydrogen-bond acceptors (Lipinski definition) is 3. The Labute approximate surface area is 204 Å². The second-order valence-electron chi connectivity index (χ2n) is 8.85. The van der Waals surface area contributed by atoms with Gasteiger partial charge in [0.05, 0.1) is 19.9 Å². The van der Waals surface area contributed by atoms with Gasteiger partial charge in [0.1, 0.15) is 0 Å². The molecule has 1 unspecified atom stereocenters. The number of para-hydroxylation sites is 1. The van der Waals surface area contributed by atoms with Crippen LogP contribution in [0.2, 0.25) is 0 Å². The summed E-state index contributed by atoms with van der Waals surface area (Å²) < 4.78 is 11.1. The molecule has 2 aromatic heterocycles. The van der Waals surface area contributed by atoms with Gasteiger partial charge in [0.2, 0.25) is 5.91 Å². The highest BCUT2D eigenvalue weighted by Gasteiger charge is 2.39. The number of methoxy groups -OCH3 is 2. The fourth-order valence-electron chi connectivity index (χ4n) is 5.34. The average molecular weight is 468 g/mol. The van der Waals surface area contributed by atoms with E-state index in [4.69, 9.17) is 15.2 Å². The maximum Gasteiger partial charge on any atom is 0.218 e. The number of carbonyl (C=O) groups is 1. The van der Waals surface area contributed by atoms with Gasteiger partial charge in [-0.3, -0.25) is 4.79 Å². The first-order valence-corrected chi connectivity index (χ1v) is 11.7. The van der Waals surface area contributed by atoms with Crippen LogP contribution in [-0.2, 0) is 10.2 Å². The summed E-state index contributed by atoms with van der Waals surface area (Å²) in [5, 5.41) is 2.16. The van der Waals surface area contributed by atoms with Gasteiger partial charge in [0.25, 0.3) is 0 Å². The summed E-state index contributed by atoms with van der Waals surface area (Å²) in [6.45, 7) is 2.12. The van der Waals surface area contributed by atoms with Crippen LogP contribution in [0.4, 0.5) is 0 Å². The van der Waals surface area contributed by atoms with Gasteiger partial charge in [-0.1, -0.05) is 31.2 Å². The number of rotatable bonds is 8. The van der Waals surface area contributed by atoms with E-state index < -0.39 is 5.41 Å². The molecule has 0 bridgehead atoms. The molecule has 6 nitrogen and oxygen atoms in total. The lowest BCUT2D eigenvalue weighted by atomic mass is 9.68. The Bertz CT molecular complexity index is 1530. The standard InChI is InChI=1S/C29H29N3O3/c1-4-29(17-26(30)33,20-10-11-22-18(15-20)13-14-31-22)27-21-7-5-6-8-23(21)32-28(27)19-9-12-24(34-2)25(16-19)35-3/h5-16,31-32H,4,17H2,1-3H3,(H2,30,33). The molecule has 0 aliphatic carbocycles. The van der Waals surface area contributed by atoms with Crippen molar-refractivity contribution in [1.29, 1.82) is 0 Å². The van der Waals surface area contributed by atoms with E-state index in [1.54, 1.807) is 14.2 Å². The Balaban J connectivity index is 1.85. The van der Waals surface area contributed by atoms with Gasteiger partial charge < -0.3 is 25.2 Å². The molecule has 4 N–H and O–H groups in total. The smallest absolute Gasteiger partial charge is 0.218 e. The summed E-state index contributed by atoms with van der Waals surface area (Å²) in [6, 6.07) is 22.5. The minimum atomic E-state index is -0.639. The van der Waals surface area contributed by atoms with E-state index in [1.165, 1.54) is 0 Å². The summed E-state index contributed by atoms with van der Waals surface area (Å²) in [5.74, 6) is 0.954. The summed E-state index contributed by atoms with van der Waals surface area (Å²) in [5.41, 5.74) is 11.3. The lowest BCUT2D eigenvalue weighted by Crippen LogP contribution is -2.33. The molecule has 1 atom stereocenters. The van der Waals surface area contributed by atoms with E-state index >= 15 is 0 Å². The highest BCUT2D eigenvalue weighted by atomic mass is 16.5. The summed E-state index contributed by atoms with van der Waals surface area (Å²) in [7, 11) is 3.25. The molecule has 0 saturated carbocycles. The number of nitrogens with two attached hydrogens (primary N) is 1. The number of benzene rings is 3. The Morgan fingerprint density at radius 3 is 2.49 bits per heavy atom.